The normalized spacial score (nSPS) is 11.8. The van der Waals surface area contributed by atoms with Crippen LogP contribution in [0.25, 0.3) is 22.2 Å². The Hall–Kier alpha value is -4.51. The molecule has 0 radical (unpaired) electrons. The molecule has 5 heteroatoms. The maximum Gasteiger partial charge on any atom is 0.336 e. The summed E-state index contributed by atoms with van der Waals surface area (Å²) >= 11 is 0. The number of carboxylic acid groups (broad SMARTS) is 1. The number of benzene rings is 4. The summed E-state index contributed by atoms with van der Waals surface area (Å²) in [6.45, 7) is 9.17. The van der Waals surface area contributed by atoms with Crippen molar-refractivity contribution in [2.75, 3.05) is 0 Å². The van der Waals surface area contributed by atoms with Crippen LogP contribution in [0.4, 0.5) is 5.69 Å². The van der Waals surface area contributed by atoms with Crippen LogP contribution in [0, 0.1) is 13.8 Å². The predicted molar refractivity (Wildman–Crippen MR) is 164 cm³/mol. The zero-order chi connectivity index (χ0) is 28.2. The number of carboxylic acids is 1. The summed E-state index contributed by atoms with van der Waals surface area (Å²) in [5.74, 6) is 0.170. The molecule has 0 saturated carbocycles. The van der Waals surface area contributed by atoms with Crippen LogP contribution < -0.4 is 0 Å². The van der Waals surface area contributed by atoms with E-state index < -0.39 is 5.97 Å². The topological polar surface area (TPSA) is 67.5 Å². The Morgan fingerprint density at radius 3 is 2.38 bits per heavy atom. The smallest absolute Gasteiger partial charge is 0.336 e. The van der Waals surface area contributed by atoms with Gasteiger partial charge in [0.15, 0.2) is 0 Å². The molecular weight excluding hydrogens is 494 g/mol. The third kappa shape index (κ3) is 5.59. The third-order valence-corrected chi connectivity index (χ3v) is 7.46. The fourth-order valence-electron chi connectivity index (χ4n) is 5.18. The lowest BCUT2D eigenvalue weighted by atomic mass is 9.98. The van der Waals surface area contributed by atoms with Crippen LogP contribution in [0.15, 0.2) is 89.9 Å². The lowest BCUT2D eigenvalue weighted by Crippen LogP contribution is -2.06. The van der Waals surface area contributed by atoms with E-state index in [1.807, 2.05) is 36.4 Å². The third-order valence-electron chi connectivity index (χ3n) is 7.46. The number of aromatic carboxylic acids is 1. The molecule has 5 rings (SSSR count). The predicted octanol–water partition coefficient (Wildman–Crippen LogP) is 8.55. The minimum Gasteiger partial charge on any atom is -0.478 e. The van der Waals surface area contributed by atoms with Crippen LogP contribution in [0.3, 0.4) is 0 Å². The molecule has 0 aliphatic rings. The highest BCUT2D eigenvalue weighted by Crippen LogP contribution is 2.28. The molecule has 0 spiro atoms. The van der Waals surface area contributed by atoms with E-state index in [1.165, 1.54) is 0 Å². The monoisotopic (exact) mass is 529 g/mol. The van der Waals surface area contributed by atoms with Crippen molar-refractivity contribution < 1.29 is 9.90 Å². The van der Waals surface area contributed by atoms with Gasteiger partial charge in [-0.05, 0) is 84.8 Å². The Labute approximate surface area is 235 Å². The van der Waals surface area contributed by atoms with Gasteiger partial charge in [-0.25, -0.2) is 9.78 Å². The summed E-state index contributed by atoms with van der Waals surface area (Å²) in [6.07, 6.45) is 3.10. The molecule has 1 N–H and O–H groups in total. The SMILES string of the molecule is CCCCc1nc2c(C)cc(C(C)=Nc3ccccc3C)cc2n1Cc1ccc(-c2ccccc2C(=O)O)cc1. The van der Waals surface area contributed by atoms with Crippen molar-refractivity contribution in [2.24, 2.45) is 4.99 Å². The van der Waals surface area contributed by atoms with Gasteiger partial charge in [-0.1, -0.05) is 74.0 Å². The fourth-order valence-corrected chi connectivity index (χ4v) is 5.18. The van der Waals surface area contributed by atoms with E-state index in [-0.39, 0.29) is 0 Å². The van der Waals surface area contributed by atoms with Crippen molar-refractivity contribution in [3.63, 3.8) is 0 Å². The second-order valence-corrected chi connectivity index (χ2v) is 10.4. The Morgan fingerprint density at radius 2 is 1.65 bits per heavy atom. The van der Waals surface area contributed by atoms with Crippen molar-refractivity contribution in [2.45, 2.75) is 53.5 Å². The van der Waals surface area contributed by atoms with Crippen LogP contribution >= 0.6 is 0 Å². The van der Waals surface area contributed by atoms with Gasteiger partial charge in [0.2, 0.25) is 0 Å². The summed E-state index contributed by atoms with van der Waals surface area (Å²) in [5.41, 5.74) is 10.6. The number of rotatable bonds is 9. The zero-order valence-corrected chi connectivity index (χ0v) is 23.6. The summed E-state index contributed by atoms with van der Waals surface area (Å²) in [6, 6.07) is 27.9. The van der Waals surface area contributed by atoms with Crippen molar-refractivity contribution in [3.8, 4) is 11.1 Å². The van der Waals surface area contributed by atoms with Crippen molar-refractivity contribution in [1.82, 2.24) is 9.55 Å². The summed E-state index contributed by atoms with van der Waals surface area (Å²) in [4.78, 5) is 21.8. The van der Waals surface area contributed by atoms with E-state index in [4.69, 9.17) is 9.98 Å². The highest BCUT2D eigenvalue weighted by molar-refractivity contribution is 6.03. The molecule has 1 aromatic heterocycles. The number of aryl methyl sites for hydroxylation is 3. The molecule has 0 amide bonds. The molecule has 1 heterocycles. The van der Waals surface area contributed by atoms with Gasteiger partial charge in [-0.15, -0.1) is 0 Å². The summed E-state index contributed by atoms with van der Waals surface area (Å²) in [5, 5.41) is 9.62. The Morgan fingerprint density at radius 1 is 0.925 bits per heavy atom. The first-order valence-electron chi connectivity index (χ1n) is 13.9. The number of unbranched alkanes of at least 4 members (excludes halogenated alkanes) is 1. The molecule has 5 aromatic rings. The van der Waals surface area contributed by atoms with E-state index in [2.05, 4.69) is 68.7 Å². The molecule has 0 saturated heterocycles. The average molecular weight is 530 g/mol. The Balaban J connectivity index is 1.54. The minimum absolute atomic E-state index is 0.309. The molecule has 0 fully saturated rings. The van der Waals surface area contributed by atoms with Crippen LogP contribution in [-0.4, -0.2) is 26.3 Å². The number of carbonyl (C=O) groups is 1. The lowest BCUT2D eigenvalue weighted by molar-refractivity contribution is 0.0697. The van der Waals surface area contributed by atoms with Crippen molar-refractivity contribution >= 4 is 28.4 Å². The minimum atomic E-state index is -0.919. The Bertz CT molecular complexity index is 1710. The van der Waals surface area contributed by atoms with E-state index in [0.717, 1.165) is 80.9 Å². The molecule has 0 aliphatic heterocycles. The number of hydrogen-bond donors (Lipinski definition) is 1. The van der Waals surface area contributed by atoms with Gasteiger partial charge in [-0.3, -0.25) is 4.99 Å². The number of aliphatic imine (C=N–C) groups is 1. The molecule has 0 aliphatic carbocycles. The highest BCUT2D eigenvalue weighted by Gasteiger charge is 2.16. The fraction of sp³-hybridized carbons (Fsp3) is 0.229. The van der Waals surface area contributed by atoms with Crippen LogP contribution in [0.5, 0.6) is 0 Å². The lowest BCUT2D eigenvalue weighted by Gasteiger charge is -2.12. The first-order chi connectivity index (χ1) is 19.4. The second-order valence-electron chi connectivity index (χ2n) is 10.4. The number of fused-ring (bicyclic) bond motifs is 1. The molecule has 0 atom stereocenters. The maximum absolute atomic E-state index is 11.7. The van der Waals surface area contributed by atoms with Crippen LogP contribution in [0.2, 0.25) is 0 Å². The Kier molecular flexibility index (Phi) is 7.92. The largest absolute Gasteiger partial charge is 0.478 e. The highest BCUT2D eigenvalue weighted by atomic mass is 16.4. The van der Waals surface area contributed by atoms with Crippen molar-refractivity contribution in [1.29, 1.82) is 0 Å². The number of nitrogens with zero attached hydrogens (tertiary/aromatic N) is 3. The number of aromatic nitrogens is 2. The molecular formula is C35H35N3O2. The second kappa shape index (κ2) is 11.7. The number of hydrogen-bond acceptors (Lipinski definition) is 3. The quantitative estimate of drug-likeness (QED) is 0.195. The first kappa shape index (κ1) is 27.1. The van der Waals surface area contributed by atoms with Gasteiger partial charge >= 0.3 is 5.97 Å². The van der Waals surface area contributed by atoms with E-state index >= 15 is 0 Å². The van der Waals surface area contributed by atoms with Gasteiger partial charge < -0.3 is 9.67 Å². The zero-order valence-electron chi connectivity index (χ0n) is 23.6. The van der Waals surface area contributed by atoms with E-state index in [0.29, 0.717) is 12.1 Å². The van der Waals surface area contributed by atoms with E-state index in [1.54, 1.807) is 12.1 Å². The molecule has 202 valence electrons. The maximum atomic E-state index is 11.7. The molecule has 5 nitrogen and oxygen atoms in total. The molecule has 40 heavy (non-hydrogen) atoms. The van der Waals surface area contributed by atoms with E-state index in [9.17, 15) is 9.90 Å². The standard InChI is InChI=1S/C35H35N3O2/c1-5-6-15-33-37-34-24(3)20-28(25(4)36-31-14-10-7-11-23(31)2)21-32(34)38(33)22-26-16-18-27(19-17-26)29-12-8-9-13-30(29)35(39)40/h7-14,16-21H,5-6,15,22H2,1-4H3,(H,39,40). The van der Waals surface area contributed by atoms with Crippen LogP contribution in [-0.2, 0) is 13.0 Å². The average Bonchev–Trinajstić information content (AvgIpc) is 3.31. The summed E-state index contributed by atoms with van der Waals surface area (Å²) in [7, 11) is 0. The molecule has 4 aromatic carbocycles. The molecule has 0 bridgehead atoms. The summed E-state index contributed by atoms with van der Waals surface area (Å²) < 4.78 is 2.34. The van der Waals surface area contributed by atoms with Crippen LogP contribution in [0.1, 0.15) is 65.1 Å². The van der Waals surface area contributed by atoms with Gasteiger partial charge in [-0.2, -0.15) is 0 Å². The van der Waals surface area contributed by atoms with Gasteiger partial charge in [0.25, 0.3) is 0 Å². The number of imidazole rings is 1. The molecule has 0 unspecified atom stereocenters. The van der Waals surface area contributed by atoms with Gasteiger partial charge in [0.05, 0.1) is 22.3 Å². The van der Waals surface area contributed by atoms with Gasteiger partial charge in [0.1, 0.15) is 5.82 Å². The van der Waals surface area contributed by atoms with Gasteiger partial charge in [0, 0.05) is 18.7 Å². The number of para-hydroxylation sites is 1. The first-order valence-corrected chi connectivity index (χ1v) is 13.9. The van der Waals surface area contributed by atoms with Crippen molar-refractivity contribution in [3.05, 3.63) is 119 Å².